The van der Waals surface area contributed by atoms with Gasteiger partial charge in [0.05, 0.1) is 23.9 Å². The van der Waals surface area contributed by atoms with Gasteiger partial charge in [-0.2, -0.15) is 9.83 Å². The molecule has 130 valence electrons. The van der Waals surface area contributed by atoms with Crippen LogP contribution in [-0.4, -0.2) is 38.8 Å². The van der Waals surface area contributed by atoms with Crippen LogP contribution in [0.5, 0.6) is 0 Å². The highest BCUT2D eigenvalue weighted by molar-refractivity contribution is 5.94. The lowest BCUT2D eigenvalue weighted by Crippen LogP contribution is -2.17. The van der Waals surface area contributed by atoms with Crippen LogP contribution < -0.4 is 5.49 Å². The molecule has 0 fully saturated rings. The third kappa shape index (κ3) is 3.88. The lowest BCUT2D eigenvalue weighted by atomic mass is 10.1. The van der Waals surface area contributed by atoms with Gasteiger partial charge in [0, 0.05) is 24.7 Å². The van der Waals surface area contributed by atoms with Crippen LogP contribution in [0.4, 0.5) is 0 Å². The zero-order valence-corrected chi connectivity index (χ0v) is 14.0. The number of carbonyl (C=O) groups excluding carboxylic acids is 1. The van der Waals surface area contributed by atoms with Crippen molar-refractivity contribution in [1.29, 1.82) is 0 Å². The van der Waals surface area contributed by atoms with Crippen LogP contribution in [0, 0.1) is 0 Å². The summed E-state index contributed by atoms with van der Waals surface area (Å²) in [7, 11) is 0. The summed E-state index contributed by atoms with van der Waals surface area (Å²) in [6, 6.07) is 10.7. The Balaban J connectivity index is 1.67. The fraction of sp³-hybridized carbons (Fsp3) is 0.278. The summed E-state index contributed by atoms with van der Waals surface area (Å²) in [4.78, 5) is 16.1. The number of fused-ring (bicyclic) bond motifs is 1. The van der Waals surface area contributed by atoms with Crippen molar-refractivity contribution in [3.63, 3.8) is 0 Å². The molecular weight excluding hydrogens is 320 g/mol. The van der Waals surface area contributed by atoms with E-state index in [2.05, 4.69) is 10.1 Å². The lowest BCUT2D eigenvalue weighted by Gasteiger charge is -2.04. The molecule has 0 saturated carbocycles. The number of hydrogen-bond acceptors (Lipinski definition) is 5. The third-order valence-electron chi connectivity index (χ3n) is 3.77. The molecule has 0 spiro atoms. The highest BCUT2D eigenvalue weighted by Crippen LogP contribution is 2.17. The molecule has 3 rings (SSSR count). The van der Waals surface area contributed by atoms with Crippen molar-refractivity contribution in [2.45, 2.75) is 19.9 Å². The van der Waals surface area contributed by atoms with Gasteiger partial charge < -0.3 is 9.94 Å². The van der Waals surface area contributed by atoms with Gasteiger partial charge in [-0.05, 0) is 43.7 Å². The largest absolute Gasteiger partial charge is 0.462 e. The van der Waals surface area contributed by atoms with E-state index in [0.29, 0.717) is 30.7 Å². The van der Waals surface area contributed by atoms with Crippen molar-refractivity contribution in [2.24, 2.45) is 4.99 Å². The van der Waals surface area contributed by atoms with E-state index in [1.807, 2.05) is 16.8 Å². The summed E-state index contributed by atoms with van der Waals surface area (Å²) in [6.07, 6.45) is 4.07. The number of pyridine rings is 1. The Bertz CT molecular complexity index is 943. The number of aryl methyl sites for hydroxylation is 1. The standard InChI is InChI=1S/C18H20N4O3/c1-2-25-18(23)14-7-8-16-15(12-14)13-20-21(16)10-5-9-19-17-6-3-4-11-22(17)24/h3-4,6-8,11-13,24H,2,5,9-10H2,1H3. The van der Waals surface area contributed by atoms with Crippen LogP contribution >= 0.6 is 0 Å². The Morgan fingerprint density at radius 1 is 1.32 bits per heavy atom. The molecule has 3 aromatic rings. The first-order valence-corrected chi connectivity index (χ1v) is 8.19. The van der Waals surface area contributed by atoms with Gasteiger partial charge in [0.2, 0.25) is 0 Å². The van der Waals surface area contributed by atoms with Gasteiger partial charge in [-0.25, -0.2) is 4.79 Å². The molecule has 7 heteroatoms. The summed E-state index contributed by atoms with van der Waals surface area (Å²) in [5, 5.41) is 14.9. The van der Waals surface area contributed by atoms with Gasteiger partial charge in [0.25, 0.3) is 0 Å². The van der Waals surface area contributed by atoms with E-state index in [-0.39, 0.29) is 5.97 Å². The van der Waals surface area contributed by atoms with Crippen molar-refractivity contribution in [2.75, 3.05) is 13.2 Å². The maximum atomic E-state index is 11.8. The number of hydrogen-bond donors (Lipinski definition) is 1. The third-order valence-corrected chi connectivity index (χ3v) is 3.77. The maximum absolute atomic E-state index is 11.8. The normalized spacial score (nSPS) is 11.8. The molecule has 1 N–H and O–H groups in total. The Labute approximate surface area is 144 Å². The molecule has 25 heavy (non-hydrogen) atoms. The Morgan fingerprint density at radius 2 is 2.20 bits per heavy atom. The second-order valence-corrected chi connectivity index (χ2v) is 5.50. The van der Waals surface area contributed by atoms with Crippen LogP contribution in [-0.2, 0) is 11.3 Å². The molecule has 7 nitrogen and oxygen atoms in total. The number of aromatic nitrogens is 3. The monoisotopic (exact) mass is 340 g/mol. The van der Waals surface area contributed by atoms with Gasteiger partial charge in [-0.3, -0.25) is 9.67 Å². The summed E-state index contributed by atoms with van der Waals surface area (Å²) in [5.74, 6) is -0.323. The van der Waals surface area contributed by atoms with Crippen LogP contribution in [0.2, 0.25) is 0 Å². The molecule has 0 saturated heterocycles. The molecule has 1 aromatic carbocycles. The Kier molecular flexibility index (Phi) is 5.13. The summed E-state index contributed by atoms with van der Waals surface area (Å²) in [5.41, 5.74) is 2.01. The van der Waals surface area contributed by atoms with E-state index in [0.717, 1.165) is 22.1 Å². The average Bonchev–Trinajstić information content (AvgIpc) is 3.02. The zero-order chi connectivity index (χ0) is 17.6. The second-order valence-electron chi connectivity index (χ2n) is 5.50. The van der Waals surface area contributed by atoms with E-state index in [4.69, 9.17) is 4.74 Å². The first-order valence-electron chi connectivity index (χ1n) is 8.19. The number of esters is 1. The molecule has 2 heterocycles. The molecule has 2 aromatic heterocycles. The van der Waals surface area contributed by atoms with Crippen molar-refractivity contribution in [3.05, 3.63) is 59.8 Å². The molecule has 0 atom stereocenters. The van der Waals surface area contributed by atoms with Crippen molar-refractivity contribution in [1.82, 2.24) is 14.5 Å². The molecule has 0 aliphatic heterocycles. The van der Waals surface area contributed by atoms with E-state index >= 15 is 0 Å². The predicted octanol–water partition coefficient (Wildman–Crippen LogP) is 2.24. The molecule has 0 aliphatic rings. The molecule has 0 amide bonds. The number of carbonyl (C=O) groups is 1. The predicted molar refractivity (Wildman–Crippen MR) is 92.4 cm³/mol. The number of ether oxygens (including phenoxy) is 1. The van der Waals surface area contributed by atoms with Crippen LogP contribution in [0.25, 0.3) is 10.9 Å². The fourth-order valence-corrected chi connectivity index (χ4v) is 2.57. The van der Waals surface area contributed by atoms with Crippen LogP contribution in [0.3, 0.4) is 0 Å². The first kappa shape index (κ1) is 16.8. The van der Waals surface area contributed by atoms with E-state index < -0.39 is 0 Å². The van der Waals surface area contributed by atoms with Gasteiger partial charge >= 0.3 is 5.97 Å². The van der Waals surface area contributed by atoms with E-state index in [9.17, 15) is 10.0 Å². The maximum Gasteiger partial charge on any atom is 0.338 e. The number of benzene rings is 1. The Hall–Kier alpha value is -3.09. The van der Waals surface area contributed by atoms with Gasteiger partial charge in [0.15, 0.2) is 5.49 Å². The zero-order valence-electron chi connectivity index (χ0n) is 14.0. The molecule has 0 unspecified atom stereocenters. The quantitative estimate of drug-likeness (QED) is 0.424. The SMILES string of the molecule is CCOC(=O)c1ccc2c(cnn2CCCN=c2ccccn2O)c1. The van der Waals surface area contributed by atoms with Crippen molar-refractivity contribution >= 4 is 16.9 Å². The van der Waals surface area contributed by atoms with Crippen LogP contribution in [0.15, 0.2) is 53.8 Å². The minimum Gasteiger partial charge on any atom is -0.462 e. The van der Waals surface area contributed by atoms with Gasteiger partial charge in [-0.15, -0.1) is 0 Å². The summed E-state index contributed by atoms with van der Waals surface area (Å²) >= 11 is 0. The summed E-state index contributed by atoms with van der Waals surface area (Å²) < 4.78 is 7.90. The van der Waals surface area contributed by atoms with Crippen LogP contribution in [0.1, 0.15) is 23.7 Å². The van der Waals surface area contributed by atoms with Crippen molar-refractivity contribution < 1.29 is 14.7 Å². The number of rotatable bonds is 6. The molecule has 0 bridgehead atoms. The smallest absolute Gasteiger partial charge is 0.338 e. The minimum absolute atomic E-state index is 0.323. The number of nitrogens with zero attached hydrogens (tertiary/aromatic N) is 4. The second kappa shape index (κ2) is 7.65. The van der Waals surface area contributed by atoms with Gasteiger partial charge in [-0.1, -0.05) is 6.07 Å². The lowest BCUT2D eigenvalue weighted by molar-refractivity contribution is 0.0526. The average molecular weight is 340 g/mol. The van der Waals surface area contributed by atoms with Crippen molar-refractivity contribution in [3.8, 4) is 0 Å². The Morgan fingerprint density at radius 3 is 3.00 bits per heavy atom. The van der Waals surface area contributed by atoms with E-state index in [1.165, 1.54) is 0 Å². The fourth-order valence-electron chi connectivity index (χ4n) is 2.57. The molecule has 0 aliphatic carbocycles. The minimum atomic E-state index is -0.323. The van der Waals surface area contributed by atoms with Gasteiger partial charge in [0.1, 0.15) is 0 Å². The topological polar surface area (TPSA) is 81.6 Å². The first-order chi connectivity index (χ1) is 12.2. The highest BCUT2D eigenvalue weighted by atomic mass is 16.5. The molecule has 0 radical (unpaired) electrons. The summed E-state index contributed by atoms with van der Waals surface area (Å²) in [6.45, 7) is 3.42. The highest BCUT2D eigenvalue weighted by Gasteiger charge is 2.09. The van der Waals surface area contributed by atoms with E-state index in [1.54, 1.807) is 43.6 Å². The molecular formula is C18H20N4O3.